The number of aromatic nitrogens is 5. The molecule has 0 aromatic carbocycles. The summed E-state index contributed by atoms with van der Waals surface area (Å²) < 4.78 is 21.4. The van der Waals surface area contributed by atoms with E-state index in [4.69, 9.17) is 33.4 Å². The molecule has 3 aromatic heterocycles. The van der Waals surface area contributed by atoms with Gasteiger partial charge in [0.1, 0.15) is 46.8 Å². The average Bonchev–Trinajstić information content (AvgIpc) is 3.48. The van der Waals surface area contributed by atoms with Gasteiger partial charge in [-0.25, -0.2) is 23.9 Å². The number of hydrogen-bond acceptors (Lipinski definition) is 7. The van der Waals surface area contributed by atoms with Gasteiger partial charge >= 0.3 is 0 Å². The lowest BCUT2D eigenvalue weighted by Crippen LogP contribution is -2.46. The van der Waals surface area contributed by atoms with Crippen molar-refractivity contribution in [1.29, 1.82) is 0 Å². The molecular weight excluding hydrogens is 394 g/mol. The van der Waals surface area contributed by atoms with Gasteiger partial charge in [-0.05, 0) is 37.2 Å². The zero-order chi connectivity index (χ0) is 21.6. The minimum Gasteiger partial charge on any atom is -0.514 e. The van der Waals surface area contributed by atoms with Crippen LogP contribution in [0.5, 0.6) is 5.75 Å². The number of hydrogen-bond donors (Lipinski definition) is 2. The third kappa shape index (κ3) is 4.39. The fraction of sp³-hybridized carbons (Fsp3) is 0.474. The van der Waals surface area contributed by atoms with Gasteiger partial charge in [-0.3, -0.25) is 0 Å². The number of imidazole rings is 1. The Labute approximate surface area is 183 Å². The van der Waals surface area contributed by atoms with Crippen LogP contribution < -0.4 is 15.4 Å². The van der Waals surface area contributed by atoms with Crippen LogP contribution in [0, 0.1) is 0 Å². The van der Waals surface area contributed by atoms with Gasteiger partial charge in [-0.15, -0.1) is 0 Å². The Morgan fingerprint density at radius 2 is 2.06 bits per heavy atom. The molecule has 1 aliphatic carbocycles. The van der Waals surface area contributed by atoms with E-state index in [9.17, 15) is 4.39 Å². The molecule has 3 aromatic rings. The van der Waals surface area contributed by atoms with Gasteiger partial charge in [0.05, 0.1) is 17.9 Å². The second-order valence-electron chi connectivity index (χ2n) is 8.06. The fourth-order valence-corrected chi connectivity index (χ4v) is 3.70. The van der Waals surface area contributed by atoms with Crippen LogP contribution in [-0.2, 0) is 0 Å². The van der Waals surface area contributed by atoms with Crippen LogP contribution in [0.15, 0.2) is 24.5 Å². The van der Waals surface area contributed by atoms with Crippen molar-refractivity contribution >= 4 is 35.1 Å². The molecule has 0 bridgehead atoms. The van der Waals surface area contributed by atoms with Crippen LogP contribution in [0.4, 0.5) is 10.3 Å². The number of rotatable bonds is 6. The first-order chi connectivity index (χ1) is 14.9. The molecule has 8 nitrogen and oxygen atoms in total. The van der Waals surface area contributed by atoms with E-state index in [1.54, 1.807) is 29.0 Å². The number of piperidine rings is 1. The van der Waals surface area contributed by atoms with Crippen LogP contribution in [0.1, 0.15) is 30.9 Å². The molecule has 12 heteroatoms. The molecular formula is C19H19B3FN7O. The summed E-state index contributed by atoms with van der Waals surface area (Å²) in [4.78, 5) is 13.2. The third-order valence-electron chi connectivity index (χ3n) is 5.37. The Kier molecular flexibility index (Phi) is 5.12. The molecule has 2 aliphatic rings. The van der Waals surface area contributed by atoms with Crippen molar-refractivity contribution in [3.63, 3.8) is 0 Å². The number of alkyl halides is 1. The Balaban J connectivity index is 1.48. The third-order valence-corrected chi connectivity index (χ3v) is 5.37. The molecule has 0 spiro atoms. The first-order valence-electron chi connectivity index (χ1n) is 10.3. The summed E-state index contributed by atoms with van der Waals surface area (Å²) in [5.41, 5.74) is 2.54. The lowest BCUT2D eigenvalue weighted by atomic mass is 9.52. The summed E-state index contributed by atoms with van der Waals surface area (Å²) in [6.45, 7) is 1.19. The van der Waals surface area contributed by atoms with E-state index in [2.05, 4.69) is 25.6 Å². The first-order valence-corrected chi connectivity index (χ1v) is 10.3. The molecule has 2 fully saturated rings. The number of halogens is 1. The summed E-state index contributed by atoms with van der Waals surface area (Å²) in [6.07, 6.45) is 4.78. The van der Waals surface area contributed by atoms with Crippen LogP contribution >= 0.6 is 0 Å². The molecule has 31 heavy (non-hydrogen) atoms. The molecule has 1 aliphatic heterocycles. The predicted octanol–water partition coefficient (Wildman–Crippen LogP) is 0.671. The number of fused-ring (bicyclic) bond motifs is 1. The number of nitrogens with zero attached hydrogens (tertiary/aromatic N) is 5. The molecule has 2 unspecified atom stereocenters. The summed E-state index contributed by atoms with van der Waals surface area (Å²) in [6, 6.07) is 3.09. The summed E-state index contributed by atoms with van der Waals surface area (Å²) >= 11 is 0. The topological polar surface area (TPSA) is 89.3 Å². The maximum absolute atomic E-state index is 14.2. The van der Waals surface area contributed by atoms with Gasteiger partial charge < -0.3 is 15.4 Å². The summed E-state index contributed by atoms with van der Waals surface area (Å²) in [5.74, 6) is 1.02. The standard InChI is InChI=1S/C19H19B3FN7O/c20-19(21,22)31-15-7-16-26-9-14(30(16)29-17(15)10-1-2-10)12-4-6-25-18(27-12)28-13-8-24-5-3-11(13)23/h4,6-7,9-11,13,24H,1-3,5,8H2,(H,25,27,28). The lowest BCUT2D eigenvalue weighted by Gasteiger charge is -2.27. The number of ether oxygens (including phenoxy) is 1. The minimum absolute atomic E-state index is 0.250. The van der Waals surface area contributed by atoms with Crippen molar-refractivity contribution in [2.75, 3.05) is 18.4 Å². The van der Waals surface area contributed by atoms with E-state index in [0.29, 0.717) is 48.2 Å². The number of anilines is 1. The highest BCUT2D eigenvalue weighted by atomic mass is 19.1. The van der Waals surface area contributed by atoms with Gasteiger partial charge in [-0.1, -0.05) is 0 Å². The minimum atomic E-state index is -1.81. The molecule has 5 rings (SSSR count). The fourth-order valence-electron chi connectivity index (χ4n) is 3.70. The van der Waals surface area contributed by atoms with Gasteiger partial charge in [0.25, 0.3) is 0 Å². The van der Waals surface area contributed by atoms with Gasteiger partial charge in [0, 0.05) is 24.7 Å². The van der Waals surface area contributed by atoms with Crippen LogP contribution in [0.3, 0.4) is 0 Å². The normalized spacial score (nSPS) is 21.8. The zero-order valence-corrected chi connectivity index (χ0v) is 16.8. The molecule has 1 saturated heterocycles. The van der Waals surface area contributed by atoms with E-state index in [1.165, 1.54) is 0 Å². The highest BCUT2D eigenvalue weighted by molar-refractivity contribution is 6.58. The van der Waals surface area contributed by atoms with Gasteiger partial charge in [-0.2, -0.15) is 5.10 Å². The Morgan fingerprint density at radius 1 is 1.23 bits per heavy atom. The van der Waals surface area contributed by atoms with Crippen LogP contribution in [0.2, 0.25) is 0 Å². The second-order valence-corrected chi connectivity index (χ2v) is 8.06. The Hall–Kier alpha value is -2.62. The van der Waals surface area contributed by atoms with Crippen molar-refractivity contribution < 1.29 is 9.13 Å². The summed E-state index contributed by atoms with van der Waals surface area (Å²) in [5, 5.41) is 9.17. The Bertz CT molecular complexity index is 1100. The maximum atomic E-state index is 14.2. The van der Waals surface area contributed by atoms with Crippen molar-refractivity contribution in [2.24, 2.45) is 0 Å². The molecule has 2 N–H and O–H groups in total. The maximum Gasteiger partial charge on any atom is 0.223 e. The van der Waals surface area contributed by atoms with E-state index < -0.39 is 11.5 Å². The molecule has 6 radical (unpaired) electrons. The summed E-state index contributed by atoms with van der Waals surface area (Å²) in [7, 11) is 16.9. The van der Waals surface area contributed by atoms with Crippen molar-refractivity contribution in [1.82, 2.24) is 29.9 Å². The van der Waals surface area contributed by atoms with E-state index in [1.807, 2.05) is 0 Å². The first kappa shape index (κ1) is 20.3. The predicted molar refractivity (Wildman–Crippen MR) is 116 cm³/mol. The monoisotopic (exact) mass is 413 g/mol. The van der Waals surface area contributed by atoms with Crippen LogP contribution in [0.25, 0.3) is 17.0 Å². The number of nitrogens with one attached hydrogen (secondary N) is 2. The van der Waals surface area contributed by atoms with Crippen molar-refractivity contribution in [2.45, 2.75) is 42.7 Å². The van der Waals surface area contributed by atoms with Crippen molar-refractivity contribution in [3.05, 3.63) is 30.2 Å². The smallest absolute Gasteiger partial charge is 0.223 e. The molecule has 0 amide bonds. The van der Waals surface area contributed by atoms with Gasteiger partial charge in [0.15, 0.2) is 5.65 Å². The second kappa shape index (κ2) is 7.82. The van der Waals surface area contributed by atoms with Crippen LogP contribution in [-0.4, -0.2) is 78.7 Å². The highest BCUT2D eigenvalue weighted by Crippen LogP contribution is 2.44. The van der Waals surface area contributed by atoms with E-state index in [-0.39, 0.29) is 12.0 Å². The largest absolute Gasteiger partial charge is 0.514 e. The van der Waals surface area contributed by atoms with Crippen molar-refractivity contribution in [3.8, 4) is 17.1 Å². The van der Waals surface area contributed by atoms with E-state index in [0.717, 1.165) is 18.5 Å². The quantitative estimate of drug-likeness (QED) is 0.575. The Morgan fingerprint density at radius 3 is 2.81 bits per heavy atom. The SMILES string of the molecule is [B]C([B])([B])Oc1cc2ncc(-c3ccnc(NC4CNCCC4F)n3)n2nc1C1CC1. The zero-order valence-electron chi connectivity index (χ0n) is 16.8. The highest BCUT2D eigenvalue weighted by Gasteiger charge is 2.31. The lowest BCUT2D eigenvalue weighted by molar-refractivity contribution is 0.240. The molecule has 152 valence electrons. The van der Waals surface area contributed by atoms with Gasteiger partial charge in [0.2, 0.25) is 5.95 Å². The average molecular weight is 413 g/mol. The molecule has 2 atom stereocenters. The van der Waals surface area contributed by atoms with E-state index >= 15 is 0 Å². The molecule has 1 saturated carbocycles. The molecule has 4 heterocycles.